The fourth-order valence-electron chi connectivity index (χ4n) is 1.85. The Labute approximate surface area is 111 Å². The number of amides is 1. The van der Waals surface area contributed by atoms with E-state index in [1.807, 2.05) is 20.8 Å². The van der Waals surface area contributed by atoms with E-state index in [1.54, 1.807) is 11.0 Å². The summed E-state index contributed by atoms with van der Waals surface area (Å²) in [5.41, 5.74) is 5.54. The average Bonchev–Trinajstić information content (AvgIpc) is 2.73. The summed E-state index contributed by atoms with van der Waals surface area (Å²) in [4.78, 5) is 13.8. The van der Waals surface area contributed by atoms with Crippen molar-refractivity contribution in [3.8, 4) is 0 Å². The van der Waals surface area contributed by atoms with Crippen LogP contribution >= 0.6 is 0 Å². The summed E-state index contributed by atoms with van der Waals surface area (Å²) in [6.45, 7) is 6.76. The number of rotatable bonds is 1. The number of carbonyl (C=O) groups excluding carboxylic acids is 1. The van der Waals surface area contributed by atoms with Crippen LogP contribution in [0.15, 0.2) is 10.6 Å². The predicted octanol–water partition coefficient (Wildman–Crippen LogP) is 1.57. The number of morpholine rings is 1. The van der Waals surface area contributed by atoms with Crippen LogP contribution in [0, 0.1) is 0 Å². The first kappa shape index (κ1) is 13.7. The van der Waals surface area contributed by atoms with Crippen LogP contribution < -0.4 is 5.73 Å². The molecule has 1 aliphatic heterocycles. The van der Waals surface area contributed by atoms with Crippen LogP contribution in [0.2, 0.25) is 0 Å². The highest BCUT2D eigenvalue weighted by atomic mass is 16.6. The molecule has 1 unspecified atom stereocenters. The number of nitrogens with two attached hydrogens (primary N) is 1. The highest BCUT2D eigenvalue weighted by Crippen LogP contribution is 2.26. The van der Waals surface area contributed by atoms with Gasteiger partial charge >= 0.3 is 6.09 Å². The van der Waals surface area contributed by atoms with E-state index in [0.29, 0.717) is 25.5 Å². The molecule has 0 aliphatic carbocycles. The maximum Gasteiger partial charge on any atom is 0.411 e. The molecule has 1 aliphatic rings. The van der Waals surface area contributed by atoms with Gasteiger partial charge in [0.05, 0.1) is 13.2 Å². The van der Waals surface area contributed by atoms with Gasteiger partial charge in [-0.1, -0.05) is 5.16 Å². The van der Waals surface area contributed by atoms with Crippen molar-refractivity contribution in [1.82, 2.24) is 10.1 Å². The fourth-order valence-corrected chi connectivity index (χ4v) is 1.85. The smallest absolute Gasteiger partial charge is 0.411 e. The van der Waals surface area contributed by atoms with Crippen molar-refractivity contribution in [3.05, 3.63) is 11.8 Å². The molecular formula is C12H19N3O4. The number of carbonyl (C=O) groups is 1. The molecule has 1 fully saturated rings. The molecule has 0 spiro atoms. The first-order valence-corrected chi connectivity index (χ1v) is 6.16. The second-order valence-corrected chi connectivity index (χ2v) is 5.42. The molecule has 2 rings (SSSR count). The lowest BCUT2D eigenvalue weighted by atomic mass is 10.1. The Bertz CT molecular complexity index is 452. The number of ether oxygens (including phenoxy) is 2. The van der Waals surface area contributed by atoms with Crippen molar-refractivity contribution < 1.29 is 18.8 Å². The molecule has 1 amide bonds. The van der Waals surface area contributed by atoms with Crippen molar-refractivity contribution in [2.24, 2.45) is 0 Å². The number of hydrogen-bond donors (Lipinski definition) is 1. The van der Waals surface area contributed by atoms with Gasteiger partial charge in [0.1, 0.15) is 17.3 Å². The van der Waals surface area contributed by atoms with E-state index in [1.165, 1.54) is 0 Å². The number of hydrogen-bond acceptors (Lipinski definition) is 6. The summed E-state index contributed by atoms with van der Waals surface area (Å²) in [5, 5.41) is 3.84. The molecule has 1 aromatic heterocycles. The summed E-state index contributed by atoms with van der Waals surface area (Å²) in [5.74, 6) is 0.213. The lowest BCUT2D eigenvalue weighted by Gasteiger charge is -2.35. The van der Waals surface area contributed by atoms with Gasteiger partial charge in [-0.15, -0.1) is 0 Å². The van der Waals surface area contributed by atoms with E-state index in [2.05, 4.69) is 5.16 Å². The summed E-state index contributed by atoms with van der Waals surface area (Å²) >= 11 is 0. The highest BCUT2D eigenvalue weighted by Gasteiger charge is 2.33. The number of anilines is 1. The Morgan fingerprint density at radius 1 is 1.58 bits per heavy atom. The lowest BCUT2D eigenvalue weighted by Crippen LogP contribution is -2.45. The average molecular weight is 269 g/mol. The maximum atomic E-state index is 12.2. The molecule has 0 bridgehead atoms. The molecule has 7 nitrogen and oxygen atoms in total. The Kier molecular flexibility index (Phi) is 3.66. The number of aromatic nitrogens is 1. The van der Waals surface area contributed by atoms with E-state index >= 15 is 0 Å². The molecule has 2 N–H and O–H groups in total. The van der Waals surface area contributed by atoms with Gasteiger partial charge in [0, 0.05) is 12.6 Å². The van der Waals surface area contributed by atoms with E-state index in [-0.39, 0.29) is 18.0 Å². The van der Waals surface area contributed by atoms with Gasteiger partial charge in [0.2, 0.25) is 5.88 Å². The van der Waals surface area contributed by atoms with Gasteiger partial charge in [0.25, 0.3) is 0 Å². The fraction of sp³-hybridized carbons (Fsp3) is 0.667. The molecule has 0 saturated carbocycles. The zero-order valence-electron chi connectivity index (χ0n) is 11.4. The minimum Gasteiger partial charge on any atom is -0.444 e. The minimum atomic E-state index is -0.539. The van der Waals surface area contributed by atoms with Gasteiger partial charge < -0.3 is 19.7 Å². The first-order chi connectivity index (χ1) is 8.87. The van der Waals surface area contributed by atoms with E-state index in [9.17, 15) is 4.79 Å². The first-order valence-electron chi connectivity index (χ1n) is 6.16. The quantitative estimate of drug-likeness (QED) is 0.832. The molecule has 1 saturated heterocycles. The summed E-state index contributed by atoms with van der Waals surface area (Å²) in [6.07, 6.45) is -0.387. The van der Waals surface area contributed by atoms with Crippen LogP contribution in [0.5, 0.6) is 0 Å². The lowest BCUT2D eigenvalue weighted by molar-refractivity contribution is -0.0346. The third kappa shape index (κ3) is 3.37. The molecule has 19 heavy (non-hydrogen) atoms. The van der Waals surface area contributed by atoms with Gasteiger partial charge in [-0.05, 0) is 20.8 Å². The topological polar surface area (TPSA) is 90.8 Å². The molecule has 0 aromatic carbocycles. The predicted molar refractivity (Wildman–Crippen MR) is 67.4 cm³/mol. The van der Waals surface area contributed by atoms with Crippen molar-refractivity contribution in [3.63, 3.8) is 0 Å². The van der Waals surface area contributed by atoms with Crippen molar-refractivity contribution in [2.45, 2.75) is 32.4 Å². The van der Waals surface area contributed by atoms with Gasteiger partial charge in [-0.3, -0.25) is 4.90 Å². The van der Waals surface area contributed by atoms with Crippen molar-refractivity contribution >= 4 is 12.0 Å². The molecular weight excluding hydrogens is 250 g/mol. The Morgan fingerprint density at radius 2 is 2.32 bits per heavy atom. The van der Waals surface area contributed by atoms with E-state index in [0.717, 1.165) is 0 Å². The SMILES string of the molecule is CC(C)(C)OC(=O)N1CCOCC1c1cc(N)on1. The third-order valence-corrected chi connectivity index (χ3v) is 2.64. The van der Waals surface area contributed by atoms with E-state index in [4.69, 9.17) is 19.7 Å². The summed E-state index contributed by atoms with van der Waals surface area (Å²) in [7, 11) is 0. The molecule has 106 valence electrons. The monoisotopic (exact) mass is 269 g/mol. The summed E-state index contributed by atoms with van der Waals surface area (Å²) < 4.78 is 15.6. The number of nitrogens with zero attached hydrogens (tertiary/aromatic N) is 2. The second kappa shape index (κ2) is 5.08. The van der Waals surface area contributed by atoms with E-state index < -0.39 is 5.60 Å². The van der Waals surface area contributed by atoms with Crippen LogP contribution in [-0.4, -0.2) is 41.5 Å². The van der Waals surface area contributed by atoms with Crippen LogP contribution in [-0.2, 0) is 9.47 Å². The summed E-state index contributed by atoms with van der Waals surface area (Å²) in [6, 6.07) is 1.26. The van der Waals surface area contributed by atoms with Gasteiger partial charge in [-0.2, -0.15) is 0 Å². The molecule has 1 aromatic rings. The Hall–Kier alpha value is -1.76. The number of nitrogen functional groups attached to an aromatic ring is 1. The standard InChI is InChI=1S/C12H19N3O4/c1-12(2,3)18-11(16)15-4-5-17-7-9(15)8-6-10(13)19-14-8/h6,9H,4-5,7,13H2,1-3H3. The van der Waals surface area contributed by atoms with Crippen LogP contribution in [0.3, 0.4) is 0 Å². The largest absolute Gasteiger partial charge is 0.444 e. The highest BCUT2D eigenvalue weighted by molar-refractivity contribution is 5.69. The van der Waals surface area contributed by atoms with Crippen LogP contribution in [0.25, 0.3) is 0 Å². The second-order valence-electron chi connectivity index (χ2n) is 5.42. The minimum absolute atomic E-state index is 0.213. The maximum absolute atomic E-state index is 12.2. The van der Waals surface area contributed by atoms with Gasteiger partial charge in [0.15, 0.2) is 0 Å². The van der Waals surface area contributed by atoms with Crippen molar-refractivity contribution in [2.75, 3.05) is 25.5 Å². The Morgan fingerprint density at radius 3 is 2.89 bits per heavy atom. The van der Waals surface area contributed by atoms with Gasteiger partial charge in [-0.25, -0.2) is 4.79 Å². The zero-order valence-corrected chi connectivity index (χ0v) is 11.4. The molecule has 1 atom stereocenters. The Balaban J connectivity index is 2.14. The zero-order chi connectivity index (χ0) is 14.0. The third-order valence-electron chi connectivity index (χ3n) is 2.64. The normalized spacial score (nSPS) is 20.4. The molecule has 2 heterocycles. The molecule has 0 radical (unpaired) electrons. The van der Waals surface area contributed by atoms with Crippen molar-refractivity contribution in [1.29, 1.82) is 0 Å². The molecule has 7 heteroatoms. The van der Waals surface area contributed by atoms with Crippen LogP contribution in [0.1, 0.15) is 32.5 Å². The van der Waals surface area contributed by atoms with Crippen LogP contribution in [0.4, 0.5) is 10.7 Å².